The van der Waals surface area contributed by atoms with Crippen molar-refractivity contribution in [3.63, 3.8) is 0 Å². The van der Waals surface area contributed by atoms with Crippen molar-refractivity contribution in [2.45, 2.75) is 31.8 Å². The van der Waals surface area contributed by atoms with Crippen LogP contribution in [0.15, 0.2) is 23.0 Å². The van der Waals surface area contributed by atoms with Crippen LogP contribution in [0.1, 0.15) is 36.0 Å². The molecule has 1 saturated heterocycles. The van der Waals surface area contributed by atoms with Gasteiger partial charge in [-0.05, 0) is 39.5 Å². The third kappa shape index (κ3) is 3.39. The zero-order chi connectivity index (χ0) is 15.5. The Morgan fingerprint density at radius 1 is 1.36 bits per heavy atom. The van der Waals surface area contributed by atoms with Gasteiger partial charge in [0.1, 0.15) is 11.6 Å². The summed E-state index contributed by atoms with van der Waals surface area (Å²) in [5, 5.41) is 8.83. The van der Waals surface area contributed by atoms with Crippen LogP contribution in [0.25, 0.3) is 0 Å². The highest BCUT2D eigenvalue weighted by atomic mass is 16.3. The lowest BCUT2D eigenvalue weighted by molar-refractivity contribution is 0.194. The molecule has 2 aromatic heterocycles. The molecule has 3 heterocycles. The zero-order valence-electron chi connectivity index (χ0n) is 13.7. The minimum Gasteiger partial charge on any atom is -0.472 e. The van der Waals surface area contributed by atoms with Crippen LogP contribution in [-0.2, 0) is 20.1 Å². The summed E-state index contributed by atoms with van der Waals surface area (Å²) in [6.07, 6.45) is 5.97. The van der Waals surface area contributed by atoms with Crippen LogP contribution in [0.2, 0.25) is 0 Å². The Kier molecular flexibility index (Phi) is 4.59. The third-order valence-electron chi connectivity index (χ3n) is 4.31. The Hall–Kier alpha value is -1.66. The average Bonchev–Trinajstić information content (AvgIpc) is 3.10. The fraction of sp³-hybridized carbons (Fsp3) is 0.625. The van der Waals surface area contributed by atoms with Crippen LogP contribution in [0.3, 0.4) is 0 Å². The Morgan fingerprint density at radius 2 is 2.23 bits per heavy atom. The molecule has 1 aliphatic heterocycles. The molecule has 0 saturated carbocycles. The van der Waals surface area contributed by atoms with E-state index in [1.54, 1.807) is 6.26 Å². The maximum Gasteiger partial charge on any atom is 0.146 e. The first-order valence-corrected chi connectivity index (χ1v) is 7.90. The Morgan fingerprint density at radius 3 is 2.95 bits per heavy atom. The molecule has 6 heteroatoms. The smallest absolute Gasteiger partial charge is 0.146 e. The van der Waals surface area contributed by atoms with E-state index in [2.05, 4.69) is 45.7 Å². The van der Waals surface area contributed by atoms with Crippen LogP contribution < -0.4 is 0 Å². The number of hydrogen-bond donors (Lipinski definition) is 0. The summed E-state index contributed by atoms with van der Waals surface area (Å²) in [7, 11) is 6.20. The molecular weight excluding hydrogens is 278 g/mol. The number of likely N-dealkylation sites (tertiary alicyclic amines) is 1. The molecule has 6 nitrogen and oxygen atoms in total. The van der Waals surface area contributed by atoms with Crippen LogP contribution in [0.5, 0.6) is 0 Å². The van der Waals surface area contributed by atoms with Gasteiger partial charge >= 0.3 is 0 Å². The average molecular weight is 303 g/mol. The molecule has 2 aromatic rings. The molecule has 0 radical (unpaired) electrons. The summed E-state index contributed by atoms with van der Waals surface area (Å²) in [6.45, 7) is 3.97. The molecule has 1 unspecified atom stereocenters. The van der Waals surface area contributed by atoms with Gasteiger partial charge in [-0.1, -0.05) is 0 Å². The van der Waals surface area contributed by atoms with E-state index in [0.717, 1.165) is 37.8 Å². The van der Waals surface area contributed by atoms with Crippen LogP contribution in [0, 0.1) is 0 Å². The number of hydrogen-bond acceptors (Lipinski definition) is 5. The van der Waals surface area contributed by atoms with Gasteiger partial charge < -0.3 is 13.9 Å². The second kappa shape index (κ2) is 6.62. The maximum atomic E-state index is 5.17. The van der Waals surface area contributed by atoms with E-state index in [1.807, 2.05) is 12.3 Å². The molecule has 0 aromatic carbocycles. The summed E-state index contributed by atoms with van der Waals surface area (Å²) in [5.41, 5.74) is 1.24. The van der Waals surface area contributed by atoms with Gasteiger partial charge in [0.2, 0.25) is 0 Å². The SMILES string of the molecule is CN(C)Cc1nnc(C2CCCN(Cc3ccoc3)C2)n1C. The van der Waals surface area contributed by atoms with Crippen molar-refractivity contribution < 1.29 is 4.42 Å². The molecule has 0 N–H and O–H groups in total. The number of rotatable bonds is 5. The largest absolute Gasteiger partial charge is 0.472 e. The standard InChI is InChI=1S/C16H25N5O/c1-19(2)11-15-17-18-16(20(15)3)14-5-4-7-21(10-14)9-13-6-8-22-12-13/h6,8,12,14H,4-5,7,9-11H2,1-3H3. The lowest BCUT2D eigenvalue weighted by atomic mass is 9.97. The Labute approximate surface area is 131 Å². The summed E-state index contributed by atoms with van der Waals surface area (Å²) < 4.78 is 7.34. The highest BCUT2D eigenvalue weighted by molar-refractivity contribution is 5.07. The number of piperidine rings is 1. The lowest BCUT2D eigenvalue weighted by Gasteiger charge is -2.31. The molecule has 0 bridgehead atoms. The lowest BCUT2D eigenvalue weighted by Crippen LogP contribution is -2.34. The van der Waals surface area contributed by atoms with Crippen LogP contribution in [-0.4, -0.2) is 51.7 Å². The zero-order valence-corrected chi connectivity index (χ0v) is 13.7. The van der Waals surface area contributed by atoms with Crippen molar-refractivity contribution in [1.82, 2.24) is 24.6 Å². The molecule has 3 rings (SSSR count). The van der Waals surface area contributed by atoms with Crippen molar-refractivity contribution >= 4 is 0 Å². The van der Waals surface area contributed by atoms with Gasteiger partial charge in [-0.25, -0.2) is 0 Å². The van der Waals surface area contributed by atoms with Gasteiger partial charge in [0.05, 0.1) is 19.1 Å². The number of nitrogens with zero attached hydrogens (tertiary/aromatic N) is 5. The molecule has 1 fully saturated rings. The fourth-order valence-corrected chi connectivity index (χ4v) is 3.20. The maximum absolute atomic E-state index is 5.17. The highest BCUT2D eigenvalue weighted by Crippen LogP contribution is 2.26. The van der Waals surface area contributed by atoms with E-state index < -0.39 is 0 Å². The summed E-state index contributed by atoms with van der Waals surface area (Å²) >= 11 is 0. The van der Waals surface area contributed by atoms with Crippen LogP contribution >= 0.6 is 0 Å². The molecule has 0 aliphatic carbocycles. The normalized spacial score (nSPS) is 19.9. The van der Waals surface area contributed by atoms with Gasteiger partial charge in [0.25, 0.3) is 0 Å². The molecule has 0 amide bonds. The van der Waals surface area contributed by atoms with E-state index in [1.165, 1.54) is 18.4 Å². The van der Waals surface area contributed by atoms with Crippen molar-refractivity contribution in [1.29, 1.82) is 0 Å². The van der Waals surface area contributed by atoms with E-state index in [9.17, 15) is 0 Å². The van der Waals surface area contributed by atoms with Crippen LogP contribution in [0.4, 0.5) is 0 Å². The van der Waals surface area contributed by atoms with E-state index in [0.29, 0.717) is 5.92 Å². The second-order valence-electron chi connectivity index (χ2n) is 6.48. The molecule has 120 valence electrons. The van der Waals surface area contributed by atoms with Gasteiger partial charge in [-0.2, -0.15) is 0 Å². The second-order valence-corrected chi connectivity index (χ2v) is 6.48. The fourth-order valence-electron chi connectivity index (χ4n) is 3.20. The topological polar surface area (TPSA) is 50.3 Å². The monoisotopic (exact) mass is 303 g/mol. The van der Waals surface area contributed by atoms with E-state index in [-0.39, 0.29) is 0 Å². The number of aromatic nitrogens is 3. The molecule has 0 spiro atoms. The predicted octanol–water partition coefficient (Wildman–Crippen LogP) is 1.85. The Bertz CT molecular complexity index is 590. The van der Waals surface area contributed by atoms with Crippen molar-refractivity contribution in [2.75, 3.05) is 27.2 Å². The van der Waals surface area contributed by atoms with Gasteiger partial charge in [-0.3, -0.25) is 4.90 Å². The van der Waals surface area contributed by atoms with Crippen molar-refractivity contribution in [3.05, 3.63) is 35.8 Å². The first kappa shape index (κ1) is 15.2. The minimum atomic E-state index is 0.467. The summed E-state index contributed by atoms with van der Waals surface area (Å²) in [4.78, 5) is 4.61. The quantitative estimate of drug-likeness (QED) is 0.844. The van der Waals surface area contributed by atoms with E-state index in [4.69, 9.17) is 4.42 Å². The van der Waals surface area contributed by atoms with Gasteiger partial charge in [-0.15, -0.1) is 10.2 Å². The molecule has 1 aliphatic rings. The highest BCUT2D eigenvalue weighted by Gasteiger charge is 2.26. The first-order valence-electron chi connectivity index (χ1n) is 7.90. The van der Waals surface area contributed by atoms with Gasteiger partial charge in [0.15, 0.2) is 0 Å². The predicted molar refractivity (Wildman–Crippen MR) is 84.4 cm³/mol. The van der Waals surface area contributed by atoms with Crippen molar-refractivity contribution in [2.24, 2.45) is 7.05 Å². The molecular formula is C16H25N5O. The van der Waals surface area contributed by atoms with Crippen molar-refractivity contribution in [3.8, 4) is 0 Å². The minimum absolute atomic E-state index is 0.467. The van der Waals surface area contributed by atoms with Gasteiger partial charge in [0, 0.05) is 31.6 Å². The number of furan rings is 1. The first-order chi connectivity index (χ1) is 10.6. The third-order valence-corrected chi connectivity index (χ3v) is 4.31. The van der Waals surface area contributed by atoms with E-state index >= 15 is 0 Å². The molecule has 1 atom stereocenters. The molecule has 22 heavy (non-hydrogen) atoms. The summed E-state index contributed by atoms with van der Waals surface area (Å²) in [6, 6.07) is 2.04. The summed E-state index contributed by atoms with van der Waals surface area (Å²) in [5.74, 6) is 2.62. The Balaban J connectivity index is 1.68.